The Bertz CT molecular complexity index is 1090. The number of halogens is 1. The predicted molar refractivity (Wildman–Crippen MR) is 117 cm³/mol. The summed E-state index contributed by atoms with van der Waals surface area (Å²) in [5, 5.41) is 20.9. The minimum absolute atomic E-state index is 0.126. The first-order valence-corrected chi connectivity index (χ1v) is 10.7. The molecule has 4 N–H and O–H groups in total. The number of phenols is 1. The molecule has 0 saturated heterocycles. The number of benzene rings is 2. The number of fused-ring (bicyclic) bond motifs is 1. The molecular formula is C22H26ClN5O2. The minimum Gasteiger partial charge on any atom is -0.505 e. The number of aromatic nitrogens is 3. The number of hydrogen-bond donors (Lipinski definition) is 3. The summed E-state index contributed by atoms with van der Waals surface area (Å²) in [4.78, 5) is 13.1. The highest BCUT2D eigenvalue weighted by Gasteiger charge is 2.33. The minimum atomic E-state index is -0.229. The number of hydrogen-bond acceptors (Lipinski definition) is 5. The van der Waals surface area contributed by atoms with Gasteiger partial charge in [-0.3, -0.25) is 10.2 Å². The largest absolute Gasteiger partial charge is 0.505 e. The molecule has 158 valence electrons. The Labute approximate surface area is 180 Å². The Hall–Kier alpha value is -2.64. The second-order valence-corrected chi connectivity index (χ2v) is 8.76. The zero-order chi connectivity index (χ0) is 21.3. The van der Waals surface area contributed by atoms with E-state index in [0.29, 0.717) is 28.2 Å². The van der Waals surface area contributed by atoms with Gasteiger partial charge < -0.3 is 5.11 Å². The highest BCUT2D eigenvalue weighted by Crippen LogP contribution is 2.45. The molecule has 30 heavy (non-hydrogen) atoms. The van der Waals surface area contributed by atoms with Crippen LogP contribution in [0.4, 0.5) is 0 Å². The van der Waals surface area contributed by atoms with Gasteiger partial charge in [0.2, 0.25) is 5.91 Å². The summed E-state index contributed by atoms with van der Waals surface area (Å²) in [6, 6.07) is 9.18. The molecule has 1 amide bonds. The lowest BCUT2D eigenvalue weighted by Gasteiger charge is -2.35. The number of amides is 1. The SMILES string of the molecule is CC1(c2cc(CCC(=O)NN)cc(-n3nc4ccc(Cl)cc4n3)c2O)CCCCC1. The van der Waals surface area contributed by atoms with Gasteiger partial charge in [0, 0.05) is 17.0 Å². The summed E-state index contributed by atoms with van der Waals surface area (Å²) in [6.45, 7) is 2.20. The second-order valence-electron chi connectivity index (χ2n) is 8.32. The molecular weight excluding hydrogens is 402 g/mol. The molecule has 0 radical (unpaired) electrons. The summed E-state index contributed by atoms with van der Waals surface area (Å²) in [6.07, 6.45) is 6.27. The van der Waals surface area contributed by atoms with Crippen LogP contribution < -0.4 is 11.3 Å². The quantitative estimate of drug-likeness (QED) is 0.325. The fraction of sp³-hybridized carbons (Fsp3) is 0.409. The molecule has 7 nitrogen and oxygen atoms in total. The Balaban J connectivity index is 1.82. The molecule has 1 heterocycles. The molecule has 1 fully saturated rings. The first-order chi connectivity index (χ1) is 14.4. The lowest BCUT2D eigenvalue weighted by molar-refractivity contribution is -0.121. The summed E-state index contributed by atoms with van der Waals surface area (Å²) in [5.74, 6) is 5.19. The lowest BCUT2D eigenvalue weighted by Crippen LogP contribution is -2.30. The second kappa shape index (κ2) is 8.24. The van der Waals surface area contributed by atoms with E-state index >= 15 is 0 Å². The molecule has 0 aliphatic heterocycles. The summed E-state index contributed by atoms with van der Waals surface area (Å²) in [5.41, 5.74) is 5.73. The molecule has 1 aliphatic carbocycles. The number of hydrazine groups is 1. The highest BCUT2D eigenvalue weighted by atomic mass is 35.5. The molecule has 8 heteroatoms. The number of carbonyl (C=O) groups excluding carboxylic acids is 1. The maximum Gasteiger partial charge on any atom is 0.234 e. The summed E-state index contributed by atoms with van der Waals surface area (Å²) >= 11 is 6.09. The first-order valence-electron chi connectivity index (χ1n) is 10.3. The number of nitrogens with one attached hydrogen (secondary N) is 1. The van der Waals surface area contributed by atoms with Gasteiger partial charge in [-0.2, -0.15) is 0 Å². The molecule has 0 spiro atoms. The third kappa shape index (κ3) is 4.00. The lowest BCUT2D eigenvalue weighted by atomic mass is 9.70. The van der Waals surface area contributed by atoms with Gasteiger partial charge in [0.1, 0.15) is 22.5 Å². The van der Waals surface area contributed by atoms with Crippen molar-refractivity contribution in [2.45, 2.75) is 57.3 Å². The van der Waals surface area contributed by atoms with Gasteiger partial charge in [-0.1, -0.05) is 43.9 Å². The van der Waals surface area contributed by atoms with E-state index < -0.39 is 0 Å². The van der Waals surface area contributed by atoms with Gasteiger partial charge >= 0.3 is 0 Å². The highest BCUT2D eigenvalue weighted by molar-refractivity contribution is 6.31. The van der Waals surface area contributed by atoms with Crippen molar-refractivity contribution in [1.82, 2.24) is 20.4 Å². The van der Waals surface area contributed by atoms with Crippen LogP contribution >= 0.6 is 11.6 Å². The van der Waals surface area contributed by atoms with Crippen molar-refractivity contribution >= 4 is 28.5 Å². The number of aromatic hydroxyl groups is 1. The van der Waals surface area contributed by atoms with Gasteiger partial charge in [-0.05, 0) is 54.5 Å². The summed E-state index contributed by atoms with van der Waals surface area (Å²) in [7, 11) is 0. The number of nitrogens with zero attached hydrogens (tertiary/aromatic N) is 3. The Morgan fingerprint density at radius 2 is 1.93 bits per heavy atom. The van der Waals surface area contributed by atoms with Crippen LogP contribution in [-0.2, 0) is 16.6 Å². The van der Waals surface area contributed by atoms with Crippen molar-refractivity contribution < 1.29 is 9.90 Å². The third-order valence-electron chi connectivity index (χ3n) is 6.12. The zero-order valence-corrected chi connectivity index (χ0v) is 17.7. The van der Waals surface area contributed by atoms with Crippen LogP contribution in [0.25, 0.3) is 16.7 Å². The number of nitrogens with two attached hydrogens (primary N) is 1. The number of rotatable bonds is 5. The molecule has 4 rings (SSSR count). The van der Waals surface area contributed by atoms with Crippen LogP contribution in [0.3, 0.4) is 0 Å². The van der Waals surface area contributed by atoms with Crippen LogP contribution in [0.15, 0.2) is 30.3 Å². The standard InChI is InChI=1S/C22H26ClN5O2/c1-22(9-3-2-4-10-22)16-11-14(5-8-20(29)25-24)12-19(21(16)30)28-26-17-7-6-15(23)13-18(17)27-28/h6-7,11-13,30H,2-5,8-10,24H2,1H3,(H,25,29). The molecule has 0 bridgehead atoms. The molecule has 2 aromatic carbocycles. The maximum atomic E-state index is 11.7. The van der Waals surface area contributed by atoms with E-state index in [1.165, 1.54) is 11.2 Å². The van der Waals surface area contributed by atoms with Crippen molar-refractivity contribution in [1.29, 1.82) is 0 Å². The van der Waals surface area contributed by atoms with Gasteiger partial charge in [0.15, 0.2) is 0 Å². The van der Waals surface area contributed by atoms with Gasteiger partial charge in [0.05, 0.1) is 0 Å². The van der Waals surface area contributed by atoms with Gasteiger partial charge in [0.25, 0.3) is 0 Å². The average Bonchev–Trinajstić information content (AvgIpc) is 3.16. The number of carbonyl (C=O) groups is 1. The Morgan fingerprint density at radius 3 is 2.67 bits per heavy atom. The van der Waals surface area contributed by atoms with E-state index in [0.717, 1.165) is 36.8 Å². The van der Waals surface area contributed by atoms with Crippen molar-refractivity contribution in [3.05, 3.63) is 46.5 Å². The van der Waals surface area contributed by atoms with Gasteiger partial charge in [-0.25, -0.2) is 5.84 Å². The van der Waals surface area contributed by atoms with E-state index in [-0.39, 0.29) is 23.5 Å². The molecule has 1 aliphatic rings. The van der Waals surface area contributed by atoms with Crippen molar-refractivity contribution in [3.63, 3.8) is 0 Å². The van der Waals surface area contributed by atoms with Crippen molar-refractivity contribution in [2.75, 3.05) is 0 Å². The Morgan fingerprint density at radius 1 is 1.20 bits per heavy atom. The van der Waals surface area contributed by atoms with Gasteiger partial charge in [-0.15, -0.1) is 15.0 Å². The van der Waals surface area contributed by atoms with Crippen LogP contribution in [0.2, 0.25) is 5.02 Å². The van der Waals surface area contributed by atoms with Crippen molar-refractivity contribution in [2.24, 2.45) is 5.84 Å². The molecule has 1 aromatic heterocycles. The Kier molecular flexibility index (Phi) is 5.66. The normalized spacial score (nSPS) is 16.0. The predicted octanol–water partition coefficient (Wildman–Crippen LogP) is 3.92. The van der Waals surface area contributed by atoms with E-state index in [1.54, 1.807) is 18.2 Å². The average molecular weight is 428 g/mol. The van der Waals surface area contributed by atoms with E-state index in [1.807, 2.05) is 12.1 Å². The number of phenolic OH excluding ortho intramolecular Hbond substituents is 1. The molecule has 1 saturated carbocycles. The van der Waals surface area contributed by atoms with E-state index in [4.69, 9.17) is 17.4 Å². The summed E-state index contributed by atoms with van der Waals surface area (Å²) < 4.78 is 0. The van der Waals surface area contributed by atoms with E-state index in [2.05, 4.69) is 22.5 Å². The fourth-order valence-electron chi connectivity index (χ4n) is 4.36. The van der Waals surface area contributed by atoms with Crippen LogP contribution in [-0.4, -0.2) is 26.0 Å². The van der Waals surface area contributed by atoms with E-state index in [9.17, 15) is 9.90 Å². The van der Waals surface area contributed by atoms with Crippen LogP contribution in [0, 0.1) is 0 Å². The fourth-order valence-corrected chi connectivity index (χ4v) is 4.53. The number of aryl methyl sites for hydroxylation is 1. The molecule has 3 aromatic rings. The maximum absolute atomic E-state index is 11.7. The zero-order valence-electron chi connectivity index (χ0n) is 17.0. The topological polar surface area (TPSA) is 106 Å². The first kappa shape index (κ1) is 20.6. The molecule has 0 unspecified atom stereocenters. The third-order valence-corrected chi connectivity index (χ3v) is 6.35. The molecule has 0 atom stereocenters. The van der Waals surface area contributed by atoms with Crippen molar-refractivity contribution in [3.8, 4) is 11.4 Å². The van der Waals surface area contributed by atoms with Crippen LogP contribution in [0.1, 0.15) is 56.6 Å². The van der Waals surface area contributed by atoms with Crippen LogP contribution in [0.5, 0.6) is 5.75 Å². The smallest absolute Gasteiger partial charge is 0.234 e. The monoisotopic (exact) mass is 427 g/mol.